The van der Waals surface area contributed by atoms with Gasteiger partial charge in [-0.15, -0.1) is 11.8 Å². The van der Waals surface area contributed by atoms with Crippen molar-refractivity contribution in [2.45, 2.75) is 13.8 Å². The largest absolute Gasteiger partial charge is 0.107 e. The van der Waals surface area contributed by atoms with Crippen molar-refractivity contribution in [1.82, 2.24) is 0 Å². The lowest BCUT2D eigenvalue weighted by molar-refractivity contribution is 1.83. The van der Waals surface area contributed by atoms with Crippen LogP contribution in [-0.4, -0.2) is 0 Å². The standard InChI is InChI=1S/C4H6/c1-3-4-2/h1-2H3/i1T. The maximum Gasteiger partial charge on any atom is 0.0366 e. The van der Waals surface area contributed by atoms with Gasteiger partial charge in [0.2, 0.25) is 0 Å². The molecule has 0 N–H and O–H groups in total. The molecule has 0 aromatic rings. The molecule has 0 aromatic heterocycles. The normalized spacial score (nSPS) is 6.75. The van der Waals surface area contributed by atoms with Crippen LogP contribution in [0.25, 0.3) is 0 Å². The molecule has 0 heteroatoms. The molecule has 0 saturated heterocycles. The van der Waals surface area contributed by atoms with Gasteiger partial charge in [-0.05, 0) is 13.8 Å². The maximum absolute atomic E-state index is 6.43. The molecule has 0 fully saturated rings. The first kappa shape index (κ1) is 1.84. The Bertz CT molecular complexity index is 55.8. The van der Waals surface area contributed by atoms with Gasteiger partial charge in [-0.3, -0.25) is 0 Å². The lowest BCUT2D eigenvalue weighted by atomic mass is 10.7. The molecular formula is C4H6. The minimum Gasteiger partial charge on any atom is -0.107 e. The molecule has 0 aliphatic heterocycles. The lowest BCUT2D eigenvalue weighted by Gasteiger charge is -1.40. The van der Waals surface area contributed by atoms with Gasteiger partial charge < -0.3 is 0 Å². The van der Waals surface area contributed by atoms with E-state index in [-0.39, 0.29) is 6.90 Å². The molecule has 0 bridgehead atoms. The zero-order chi connectivity index (χ0) is 4.12. The zero-order valence-electron chi connectivity index (χ0n) is 3.71. The Morgan fingerprint density at radius 2 is 2.50 bits per heavy atom. The Balaban J connectivity index is 2.81. The fourth-order valence-electron chi connectivity index (χ4n) is 0. The fourth-order valence-corrected chi connectivity index (χ4v) is 0. The van der Waals surface area contributed by atoms with E-state index in [9.17, 15) is 0 Å². The van der Waals surface area contributed by atoms with Crippen LogP contribution in [0.15, 0.2) is 0 Å². The molecular weight excluding hydrogens is 48.0 g/mol. The Morgan fingerprint density at radius 1 is 1.75 bits per heavy atom. The number of hydrogen-bond donors (Lipinski definition) is 0. The van der Waals surface area contributed by atoms with Gasteiger partial charge in [-0.2, -0.15) is 0 Å². The van der Waals surface area contributed by atoms with Gasteiger partial charge >= 0.3 is 0 Å². The quantitative estimate of drug-likeness (QED) is 0.363. The third-order valence-corrected chi connectivity index (χ3v) is 0.177. The number of hydrogen-bond acceptors (Lipinski definition) is 0. The monoisotopic (exact) mass is 56.1 g/mol. The summed E-state index contributed by atoms with van der Waals surface area (Å²) in [4.78, 5) is 0. The molecule has 22 valence electrons. The highest BCUT2D eigenvalue weighted by Gasteiger charge is 1.26. The van der Waals surface area contributed by atoms with Crippen molar-refractivity contribution in [3.05, 3.63) is 0 Å². The Morgan fingerprint density at radius 3 is 2.50 bits per heavy atom. The molecule has 0 aliphatic rings. The van der Waals surface area contributed by atoms with E-state index in [4.69, 9.17) is 1.37 Å². The fraction of sp³-hybridized carbons (Fsp3) is 0.500. The molecule has 0 unspecified atom stereocenters. The van der Waals surface area contributed by atoms with Crippen molar-refractivity contribution in [2.24, 2.45) is 0 Å². The summed E-state index contributed by atoms with van der Waals surface area (Å²) in [6, 6.07) is 0. The van der Waals surface area contributed by atoms with E-state index in [0.29, 0.717) is 0 Å². The predicted octanol–water partition coefficient (Wildman–Crippen LogP) is 1.03. The number of rotatable bonds is 0. The van der Waals surface area contributed by atoms with Gasteiger partial charge in [0.25, 0.3) is 0 Å². The molecule has 0 saturated carbocycles. The maximum atomic E-state index is 6.43. The topological polar surface area (TPSA) is 0 Å². The van der Waals surface area contributed by atoms with Crippen molar-refractivity contribution < 1.29 is 1.37 Å². The molecule has 0 aliphatic carbocycles. The van der Waals surface area contributed by atoms with Crippen molar-refractivity contribution in [1.29, 1.82) is 0 Å². The Kier molecular flexibility index (Phi) is 1.18. The summed E-state index contributed by atoms with van der Waals surface area (Å²) in [5, 5.41) is 0. The van der Waals surface area contributed by atoms with Crippen LogP contribution in [0.4, 0.5) is 0 Å². The average Bonchev–Trinajstić information content (AvgIpc) is 1.41. The summed E-state index contributed by atoms with van der Waals surface area (Å²) in [6.07, 6.45) is 0. The van der Waals surface area contributed by atoms with E-state index < -0.39 is 0 Å². The van der Waals surface area contributed by atoms with Crippen LogP contribution in [-0.2, 0) is 0 Å². The van der Waals surface area contributed by atoms with Gasteiger partial charge in [-0.25, -0.2) is 0 Å². The van der Waals surface area contributed by atoms with Crippen LogP contribution >= 0.6 is 0 Å². The van der Waals surface area contributed by atoms with E-state index in [1.165, 1.54) is 0 Å². The zero-order valence-corrected chi connectivity index (χ0v) is 2.71. The Hall–Kier alpha value is -0.440. The predicted molar refractivity (Wildman–Crippen MR) is 19.1 cm³/mol. The molecule has 0 spiro atoms. The van der Waals surface area contributed by atoms with E-state index >= 15 is 0 Å². The van der Waals surface area contributed by atoms with Crippen molar-refractivity contribution >= 4 is 0 Å². The van der Waals surface area contributed by atoms with E-state index in [1.54, 1.807) is 6.92 Å². The van der Waals surface area contributed by atoms with E-state index in [0.717, 1.165) is 0 Å². The van der Waals surface area contributed by atoms with Crippen LogP contribution in [0.2, 0.25) is 0 Å². The second-order valence-corrected chi connectivity index (χ2v) is 0.427. The van der Waals surface area contributed by atoms with E-state index in [1.807, 2.05) is 0 Å². The summed E-state index contributed by atoms with van der Waals surface area (Å²) in [7, 11) is 0. The lowest BCUT2D eigenvalue weighted by Crippen LogP contribution is -1.28. The second-order valence-electron chi connectivity index (χ2n) is 0.427. The molecule has 0 radical (unpaired) electrons. The molecule has 0 aromatic carbocycles. The van der Waals surface area contributed by atoms with E-state index in [2.05, 4.69) is 11.8 Å². The minimum atomic E-state index is 0.233. The summed E-state index contributed by atoms with van der Waals surface area (Å²) in [5.41, 5.74) is 0. The second kappa shape index (κ2) is 2.56. The third kappa shape index (κ3) is 1.56. The van der Waals surface area contributed by atoms with Gasteiger partial charge in [0, 0.05) is 1.37 Å². The average molecular weight is 56.1 g/mol. The van der Waals surface area contributed by atoms with Crippen molar-refractivity contribution in [3.63, 3.8) is 0 Å². The molecule has 0 amide bonds. The van der Waals surface area contributed by atoms with Gasteiger partial charge in [-0.1, -0.05) is 0 Å². The third-order valence-electron chi connectivity index (χ3n) is 0.177. The summed E-state index contributed by atoms with van der Waals surface area (Å²) < 4.78 is 6.43. The van der Waals surface area contributed by atoms with Crippen LogP contribution in [0.5, 0.6) is 0 Å². The highest BCUT2D eigenvalue weighted by atomic mass is 13.3. The molecule has 0 nitrogen and oxygen atoms in total. The minimum absolute atomic E-state index is 0.233. The van der Waals surface area contributed by atoms with Crippen LogP contribution in [0.3, 0.4) is 0 Å². The van der Waals surface area contributed by atoms with Gasteiger partial charge in [0.15, 0.2) is 0 Å². The molecule has 0 atom stereocenters. The highest BCUT2D eigenvalue weighted by Crippen LogP contribution is 1.39. The first-order chi connectivity index (χ1) is 2.41. The van der Waals surface area contributed by atoms with Crippen LogP contribution in [0.1, 0.15) is 15.2 Å². The molecule has 0 rings (SSSR count). The van der Waals surface area contributed by atoms with Crippen molar-refractivity contribution in [2.75, 3.05) is 0 Å². The summed E-state index contributed by atoms with van der Waals surface area (Å²) in [6.45, 7) is 1.96. The summed E-state index contributed by atoms with van der Waals surface area (Å²) in [5.74, 6) is 5.11. The molecule has 4 heavy (non-hydrogen) atoms. The van der Waals surface area contributed by atoms with Gasteiger partial charge in [0.05, 0.1) is 0 Å². The highest BCUT2D eigenvalue weighted by molar-refractivity contribution is 4.89. The van der Waals surface area contributed by atoms with Crippen molar-refractivity contribution in [3.8, 4) is 11.8 Å². The smallest absolute Gasteiger partial charge is 0.0366 e. The Labute approximate surface area is 28.2 Å². The molecule has 0 heterocycles. The van der Waals surface area contributed by atoms with Crippen LogP contribution in [0, 0.1) is 11.8 Å². The van der Waals surface area contributed by atoms with Gasteiger partial charge in [0.1, 0.15) is 0 Å². The van der Waals surface area contributed by atoms with Crippen LogP contribution < -0.4 is 0 Å². The summed E-state index contributed by atoms with van der Waals surface area (Å²) >= 11 is 0. The first-order valence-corrected chi connectivity index (χ1v) is 1.10. The first-order valence-electron chi connectivity index (χ1n) is 1.81. The SMILES string of the molecule is [3H]CC#CC.